The Bertz CT molecular complexity index is 1160. The molecule has 0 aliphatic carbocycles. The van der Waals surface area contributed by atoms with Gasteiger partial charge in [0.15, 0.2) is 0 Å². The minimum atomic E-state index is -0.914. The number of rotatable bonds is 10. The molecule has 0 heterocycles. The number of aryl methyl sites for hydroxylation is 3. The van der Waals surface area contributed by atoms with Crippen LogP contribution in [0.4, 0.5) is 0 Å². The molecule has 0 saturated heterocycles. The summed E-state index contributed by atoms with van der Waals surface area (Å²) in [6.07, 6.45) is 5.86. The highest BCUT2D eigenvalue weighted by Crippen LogP contribution is 2.27. The highest BCUT2D eigenvalue weighted by molar-refractivity contribution is 6.30. The van der Waals surface area contributed by atoms with Crippen molar-refractivity contribution >= 4 is 23.4 Å². The molecule has 0 fully saturated rings. The van der Waals surface area contributed by atoms with Crippen molar-refractivity contribution in [3.63, 3.8) is 0 Å². The van der Waals surface area contributed by atoms with Crippen LogP contribution in [0.1, 0.15) is 66.2 Å². The Morgan fingerprint density at radius 2 is 1.76 bits per heavy atom. The first-order chi connectivity index (χ1) is 16.1. The van der Waals surface area contributed by atoms with E-state index in [1.165, 1.54) is 5.56 Å². The van der Waals surface area contributed by atoms with Crippen molar-refractivity contribution in [2.75, 3.05) is 0 Å². The van der Waals surface area contributed by atoms with Gasteiger partial charge in [-0.3, -0.25) is 0 Å². The molecular formula is C30H34ClNO2. The fourth-order valence-electron chi connectivity index (χ4n) is 4.15. The fourth-order valence-corrected chi connectivity index (χ4v) is 4.38. The average molecular weight is 476 g/mol. The van der Waals surface area contributed by atoms with Gasteiger partial charge in [0.25, 0.3) is 0 Å². The van der Waals surface area contributed by atoms with Crippen LogP contribution in [0, 0.1) is 12.3 Å². The van der Waals surface area contributed by atoms with Crippen LogP contribution in [0.15, 0.2) is 72.8 Å². The quantitative estimate of drug-likeness (QED) is 0.271. The third-order valence-corrected chi connectivity index (χ3v) is 6.34. The molecule has 0 spiro atoms. The Balaban J connectivity index is 1.59. The Labute approximate surface area is 208 Å². The van der Waals surface area contributed by atoms with E-state index in [0.29, 0.717) is 25.0 Å². The van der Waals surface area contributed by atoms with Crippen LogP contribution in [-0.2, 0) is 18.4 Å². The molecule has 3 aromatic carbocycles. The SMILES string of the molecule is Cc1cc(Cl)ccc1CCC(=N)/C=C/c1cccc(C(O)CCc2ccccc2C(C)(C)O)c1. The number of allylic oxidation sites excluding steroid dienone is 1. The van der Waals surface area contributed by atoms with Gasteiger partial charge in [0.2, 0.25) is 0 Å². The lowest BCUT2D eigenvalue weighted by Gasteiger charge is -2.22. The van der Waals surface area contributed by atoms with Crippen LogP contribution < -0.4 is 0 Å². The summed E-state index contributed by atoms with van der Waals surface area (Å²) in [4.78, 5) is 0. The molecule has 3 aromatic rings. The zero-order valence-electron chi connectivity index (χ0n) is 20.2. The Kier molecular flexibility index (Phi) is 8.84. The Morgan fingerprint density at radius 1 is 1.00 bits per heavy atom. The number of halogens is 1. The van der Waals surface area contributed by atoms with E-state index in [4.69, 9.17) is 17.0 Å². The summed E-state index contributed by atoms with van der Waals surface area (Å²) in [6, 6.07) is 21.5. The second kappa shape index (κ2) is 11.6. The number of hydrogen-bond acceptors (Lipinski definition) is 3. The maximum absolute atomic E-state index is 10.8. The van der Waals surface area contributed by atoms with E-state index in [9.17, 15) is 10.2 Å². The van der Waals surface area contributed by atoms with Gasteiger partial charge in [-0.05, 0) is 104 Å². The van der Waals surface area contributed by atoms with Crippen molar-refractivity contribution < 1.29 is 10.2 Å². The normalized spacial score (nSPS) is 12.8. The topological polar surface area (TPSA) is 64.3 Å². The third kappa shape index (κ3) is 7.39. The molecule has 0 amide bonds. The van der Waals surface area contributed by atoms with Gasteiger partial charge < -0.3 is 15.6 Å². The second-order valence-corrected chi connectivity index (χ2v) is 9.81. The van der Waals surface area contributed by atoms with Crippen LogP contribution in [0.5, 0.6) is 0 Å². The number of hydrogen-bond donors (Lipinski definition) is 3. The predicted molar refractivity (Wildman–Crippen MR) is 143 cm³/mol. The van der Waals surface area contributed by atoms with E-state index in [-0.39, 0.29) is 0 Å². The number of benzene rings is 3. The standard InChI is InChI=1S/C30H34ClNO2/c1-21-19-26(31)15-12-23(21)13-17-27(32)16-11-22-7-6-9-25(20-22)29(33)18-14-24-8-4-5-10-28(24)30(2,3)34/h4-12,15-16,19-20,29,32-34H,13-14,17-18H2,1-3H3/b16-11+,32-27?. The first-order valence-electron chi connectivity index (χ1n) is 11.7. The lowest BCUT2D eigenvalue weighted by Crippen LogP contribution is -2.18. The minimum absolute atomic E-state index is 0.559. The van der Waals surface area contributed by atoms with E-state index in [0.717, 1.165) is 39.3 Å². The van der Waals surface area contributed by atoms with Crippen LogP contribution in [0.3, 0.4) is 0 Å². The van der Waals surface area contributed by atoms with Gasteiger partial charge in [0, 0.05) is 10.7 Å². The number of aliphatic hydroxyl groups is 2. The van der Waals surface area contributed by atoms with Crippen molar-refractivity contribution in [3.05, 3.63) is 111 Å². The summed E-state index contributed by atoms with van der Waals surface area (Å²) in [5.41, 5.74) is 5.76. The van der Waals surface area contributed by atoms with Crippen molar-refractivity contribution in [2.45, 2.75) is 58.2 Å². The molecule has 3 nitrogen and oxygen atoms in total. The average Bonchev–Trinajstić information content (AvgIpc) is 2.80. The maximum Gasteiger partial charge on any atom is 0.0843 e. The summed E-state index contributed by atoms with van der Waals surface area (Å²) in [5, 5.41) is 30.2. The van der Waals surface area contributed by atoms with E-state index >= 15 is 0 Å². The highest BCUT2D eigenvalue weighted by Gasteiger charge is 2.20. The van der Waals surface area contributed by atoms with Gasteiger partial charge >= 0.3 is 0 Å². The van der Waals surface area contributed by atoms with Crippen LogP contribution in [0.2, 0.25) is 5.02 Å². The molecule has 0 aliphatic heterocycles. The second-order valence-electron chi connectivity index (χ2n) is 9.37. The molecule has 34 heavy (non-hydrogen) atoms. The summed E-state index contributed by atoms with van der Waals surface area (Å²) >= 11 is 6.03. The van der Waals surface area contributed by atoms with E-state index in [1.807, 2.05) is 85.8 Å². The zero-order chi connectivity index (χ0) is 24.7. The highest BCUT2D eigenvalue weighted by atomic mass is 35.5. The first-order valence-corrected chi connectivity index (χ1v) is 12.1. The number of aliphatic hydroxyl groups excluding tert-OH is 1. The molecule has 0 aliphatic rings. The van der Waals surface area contributed by atoms with E-state index < -0.39 is 11.7 Å². The van der Waals surface area contributed by atoms with E-state index in [1.54, 1.807) is 13.8 Å². The van der Waals surface area contributed by atoms with Gasteiger partial charge in [-0.2, -0.15) is 0 Å². The molecule has 0 aromatic heterocycles. The Hall–Kier alpha value is -2.72. The lowest BCUT2D eigenvalue weighted by atomic mass is 9.90. The van der Waals surface area contributed by atoms with Crippen molar-refractivity contribution in [1.29, 1.82) is 5.41 Å². The molecule has 0 saturated carbocycles. The monoisotopic (exact) mass is 475 g/mol. The molecule has 1 atom stereocenters. The molecule has 1 unspecified atom stereocenters. The summed E-state index contributed by atoms with van der Waals surface area (Å²) in [7, 11) is 0. The van der Waals surface area contributed by atoms with Crippen molar-refractivity contribution in [2.24, 2.45) is 0 Å². The fraction of sp³-hybridized carbons (Fsp3) is 0.300. The van der Waals surface area contributed by atoms with Crippen LogP contribution in [-0.4, -0.2) is 15.9 Å². The van der Waals surface area contributed by atoms with Crippen molar-refractivity contribution in [3.8, 4) is 0 Å². The Morgan fingerprint density at radius 3 is 2.50 bits per heavy atom. The molecule has 3 N–H and O–H groups in total. The summed E-state index contributed by atoms with van der Waals surface area (Å²) in [5.74, 6) is 0. The molecular weight excluding hydrogens is 442 g/mol. The first kappa shape index (κ1) is 25.9. The van der Waals surface area contributed by atoms with E-state index in [2.05, 4.69) is 0 Å². The zero-order valence-corrected chi connectivity index (χ0v) is 20.9. The van der Waals surface area contributed by atoms with Gasteiger partial charge in [-0.25, -0.2) is 0 Å². The van der Waals surface area contributed by atoms with Crippen LogP contribution in [0.25, 0.3) is 6.08 Å². The largest absolute Gasteiger partial charge is 0.388 e. The molecule has 0 bridgehead atoms. The predicted octanol–water partition coefficient (Wildman–Crippen LogP) is 7.21. The summed E-state index contributed by atoms with van der Waals surface area (Å²) in [6.45, 7) is 5.61. The lowest BCUT2D eigenvalue weighted by molar-refractivity contribution is 0.0772. The molecule has 4 heteroatoms. The molecule has 178 valence electrons. The van der Waals surface area contributed by atoms with Gasteiger partial charge in [0.05, 0.1) is 11.7 Å². The summed E-state index contributed by atoms with van der Waals surface area (Å²) < 4.78 is 0. The van der Waals surface area contributed by atoms with Crippen molar-refractivity contribution in [1.82, 2.24) is 0 Å². The van der Waals surface area contributed by atoms with Gasteiger partial charge in [-0.15, -0.1) is 0 Å². The van der Waals surface area contributed by atoms with Gasteiger partial charge in [0.1, 0.15) is 0 Å². The van der Waals surface area contributed by atoms with Crippen LogP contribution >= 0.6 is 11.6 Å². The minimum Gasteiger partial charge on any atom is -0.388 e. The number of nitrogens with one attached hydrogen (secondary N) is 1. The molecule has 3 rings (SSSR count). The smallest absolute Gasteiger partial charge is 0.0843 e. The maximum atomic E-state index is 10.8. The molecule has 0 radical (unpaired) electrons. The third-order valence-electron chi connectivity index (χ3n) is 6.10. The van der Waals surface area contributed by atoms with Gasteiger partial charge in [-0.1, -0.05) is 66.2 Å².